The molecule has 0 aromatic rings. The Bertz CT molecular complexity index is 480. The zero-order valence-corrected chi connectivity index (χ0v) is 23.6. The van der Waals surface area contributed by atoms with Crippen molar-refractivity contribution in [2.45, 2.75) is 7.56 Å². The van der Waals surface area contributed by atoms with Crippen LogP contribution in [0.15, 0.2) is 25.8 Å². The highest BCUT2D eigenvalue weighted by Gasteiger charge is 2.57. The second-order valence-corrected chi connectivity index (χ2v) is 14.3. The SMILES string of the molecule is BrC(Br)=C(Br)C1(Br)C(Br)=C(Br)C(Br)=C(Br)C1(Br)Br. The van der Waals surface area contributed by atoms with Gasteiger partial charge in [0, 0.05) is 22.4 Å². The predicted molar refractivity (Wildman–Crippen MR) is 116 cm³/mol. The minimum absolute atomic E-state index is 0.590. The third-order valence-corrected chi connectivity index (χ3v) is 16.6. The van der Waals surface area contributed by atoms with Crippen LogP contribution in [-0.4, -0.2) is 7.56 Å². The van der Waals surface area contributed by atoms with Crippen LogP contribution in [0.4, 0.5) is 0 Å². The van der Waals surface area contributed by atoms with Crippen LogP contribution in [-0.2, 0) is 0 Å². The van der Waals surface area contributed by atoms with Crippen molar-refractivity contribution in [2.75, 3.05) is 0 Å². The average molecular weight is 895 g/mol. The van der Waals surface area contributed by atoms with E-state index in [-0.39, 0.29) is 0 Å². The van der Waals surface area contributed by atoms with Gasteiger partial charge in [0.05, 0.1) is 3.39 Å². The van der Waals surface area contributed by atoms with Gasteiger partial charge in [0.2, 0.25) is 0 Å². The first-order valence-corrected chi connectivity index (χ1v) is 11.8. The molecular weight excluding hydrogens is 895 g/mol. The maximum atomic E-state index is 3.78. The lowest BCUT2D eigenvalue weighted by Gasteiger charge is -2.43. The number of halogens is 10. The molecule has 0 radical (unpaired) electrons. The molecule has 0 spiro atoms. The predicted octanol–water partition coefficient (Wildman–Crippen LogP) is 8.98. The van der Waals surface area contributed by atoms with Gasteiger partial charge >= 0.3 is 0 Å². The molecular formula is C8Br10. The van der Waals surface area contributed by atoms with Crippen LogP contribution in [0, 0.1) is 0 Å². The van der Waals surface area contributed by atoms with Gasteiger partial charge in [0.15, 0.2) is 0 Å². The Morgan fingerprint density at radius 3 is 1.50 bits per heavy atom. The van der Waals surface area contributed by atoms with Gasteiger partial charge in [-0.3, -0.25) is 0 Å². The number of hydrogen-bond acceptors (Lipinski definition) is 0. The molecule has 0 aliphatic heterocycles. The lowest BCUT2D eigenvalue weighted by Crippen LogP contribution is -2.44. The summed E-state index contributed by atoms with van der Waals surface area (Å²) in [6, 6.07) is 0. The maximum Gasteiger partial charge on any atom is 0.137 e. The minimum Gasteiger partial charge on any atom is -0.0707 e. The van der Waals surface area contributed by atoms with E-state index in [9.17, 15) is 0 Å². The maximum absolute atomic E-state index is 3.78. The normalized spacial score (nSPS) is 27.7. The molecule has 10 heteroatoms. The van der Waals surface area contributed by atoms with Gasteiger partial charge in [0.25, 0.3) is 0 Å². The van der Waals surface area contributed by atoms with E-state index in [2.05, 4.69) is 159 Å². The van der Waals surface area contributed by atoms with Gasteiger partial charge in [0.1, 0.15) is 7.56 Å². The lowest BCUT2D eigenvalue weighted by molar-refractivity contribution is 0.864. The van der Waals surface area contributed by atoms with Crippen molar-refractivity contribution in [1.29, 1.82) is 0 Å². The molecule has 18 heavy (non-hydrogen) atoms. The highest BCUT2D eigenvalue weighted by atomic mass is 79.9. The van der Waals surface area contributed by atoms with Crippen molar-refractivity contribution in [3.8, 4) is 0 Å². The van der Waals surface area contributed by atoms with Gasteiger partial charge in [-0.15, -0.1) is 0 Å². The molecule has 0 saturated carbocycles. The molecule has 0 aromatic heterocycles. The molecule has 1 atom stereocenters. The van der Waals surface area contributed by atoms with E-state index in [1.807, 2.05) is 0 Å². The molecule has 0 bridgehead atoms. The van der Waals surface area contributed by atoms with E-state index in [1.54, 1.807) is 0 Å². The summed E-state index contributed by atoms with van der Waals surface area (Å²) < 4.78 is 4.09. The average Bonchev–Trinajstić information content (AvgIpc) is 2.31. The fourth-order valence-electron chi connectivity index (χ4n) is 1.14. The van der Waals surface area contributed by atoms with Crippen molar-refractivity contribution in [3.05, 3.63) is 25.8 Å². The Balaban J connectivity index is 3.71. The third kappa shape index (κ3) is 3.28. The topological polar surface area (TPSA) is 0 Å². The largest absolute Gasteiger partial charge is 0.137 e. The number of hydrogen-bond donors (Lipinski definition) is 0. The Morgan fingerprint density at radius 1 is 0.722 bits per heavy atom. The Hall–Kier alpha value is 4.02. The zero-order chi connectivity index (χ0) is 14.5. The summed E-state index contributed by atoms with van der Waals surface area (Å²) in [6.45, 7) is 0. The molecule has 0 amide bonds. The molecule has 1 unspecified atom stereocenters. The van der Waals surface area contributed by atoms with Crippen molar-refractivity contribution >= 4 is 159 Å². The van der Waals surface area contributed by atoms with Gasteiger partial charge in [-0.05, 0) is 63.7 Å². The van der Waals surface area contributed by atoms with Crippen molar-refractivity contribution < 1.29 is 0 Å². The smallest absolute Gasteiger partial charge is 0.0707 e. The molecule has 1 rings (SSSR count). The summed E-state index contributed by atoms with van der Waals surface area (Å²) in [5.74, 6) is 0. The molecule has 0 saturated heterocycles. The van der Waals surface area contributed by atoms with E-state index < -0.39 is 7.56 Å². The quantitative estimate of drug-likeness (QED) is 0.231. The monoisotopic (exact) mass is 885 g/mol. The van der Waals surface area contributed by atoms with E-state index in [4.69, 9.17) is 0 Å². The summed E-state index contributed by atoms with van der Waals surface area (Å²) in [4.78, 5) is 0. The molecule has 0 aromatic carbocycles. The zero-order valence-electron chi connectivity index (χ0n) is 7.78. The Labute approximate surface area is 189 Å². The number of rotatable bonds is 1. The van der Waals surface area contributed by atoms with E-state index >= 15 is 0 Å². The molecule has 0 fully saturated rings. The first kappa shape index (κ1) is 20.1. The summed E-state index contributed by atoms with van der Waals surface area (Å²) in [6.07, 6.45) is 0. The van der Waals surface area contributed by atoms with Crippen molar-refractivity contribution in [2.24, 2.45) is 0 Å². The fourth-order valence-corrected chi connectivity index (χ4v) is 9.65. The summed E-state index contributed by atoms with van der Waals surface area (Å²) in [5.41, 5.74) is 0. The molecule has 1 aliphatic rings. The Morgan fingerprint density at radius 2 is 1.11 bits per heavy atom. The van der Waals surface area contributed by atoms with Gasteiger partial charge < -0.3 is 0 Å². The van der Waals surface area contributed by atoms with Crippen molar-refractivity contribution in [1.82, 2.24) is 0 Å². The van der Waals surface area contributed by atoms with Gasteiger partial charge in [-0.2, -0.15) is 0 Å². The molecule has 1 aliphatic carbocycles. The van der Waals surface area contributed by atoms with Crippen LogP contribution >= 0.6 is 159 Å². The second-order valence-electron chi connectivity index (χ2n) is 3.06. The molecule has 0 heterocycles. The molecule has 0 N–H and O–H groups in total. The highest BCUT2D eigenvalue weighted by molar-refractivity contribution is 9.29. The van der Waals surface area contributed by atoms with Crippen LogP contribution in [0.1, 0.15) is 0 Å². The van der Waals surface area contributed by atoms with Crippen LogP contribution < -0.4 is 0 Å². The van der Waals surface area contributed by atoms with Crippen LogP contribution in [0.5, 0.6) is 0 Å². The third-order valence-electron chi connectivity index (χ3n) is 2.06. The summed E-state index contributed by atoms with van der Waals surface area (Å²) >= 11 is 35.9. The first-order valence-electron chi connectivity index (χ1n) is 3.89. The molecule has 102 valence electrons. The lowest BCUT2D eigenvalue weighted by atomic mass is 10.0. The Kier molecular flexibility index (Phi) is 8.11. The molecule has 0 nitrogen and oxygen atoms in total. The van der Waals surface area contributed by atoms with Gasteiger partial charge in [-0.25, -0.2) is 0 Å². The van der Waals surface area contributed by atoms with Crippen LogP contribution in [0.25, 0.3) is 0 Å². The van der Waals surface area contributed by atoms with Gasteiger partial charge in [-0.1, -0.05) is 95.6 Å². The fraction of sp³-hybridized carbons (Fsp3) is 0.250. The summed E-state index contributed by atoms with van der Waals surface area (Å²) in [7, 11) is 0. The number of allylic oxidation sites excluding steroid dienone is 5. The van der Waals surface area contributed by atoms with E-state index in [1.165, 1.54) is 0 Å². The number of alkyl halides is 3. The highest BCUT2D eigenvalue weighted by Crippen LogP contribution is 2.66. The van der Waals surface area contributed by atoms with Crippen LogP contribution in [0.2, 0.25) is 0 Å². The van der Waals surface area contributed by atoms with E-state index in [0.717, 1.165) is 25.8 Å². The minimum atomic E-state index is -0.600. The van der Waals surface area contributed by atoms with E-state index in [0.29, 0.717) is 0 Å². The summed E-state index contributed by atoms with van der Waals surface area (Å²) in [5, 5.41) is 0. The first-order chi connectivity index (χ1) is 7.99. The van der Waals surface area contributed by atoms with Crippen molar-refractivity contribution in [3.63, 3.8) is 0 Å². The second kappa shape index (κ2) is 7.28. The standard InChI is InChI=1S/C8Br10/c9-1-2(10)4(12)8(17,18)7(16,3(1)11)5(13)6(14)15. The van der Waals surface area contributed by atoms with Crippen LogP contribution in [0.3, 0.4) is 0 Å².